The predicted molar refractivity (Wildman–Crippen MR) is 60.6 cm³/mol. The molecule has 82 valence electrons. The van der Waals surface area contributed by atoms with E-state index < -0.39 is 5.97 Å². The van der Waals surface area contributed by atoms with Gasteiger partial charge in [-0.25, -0.2) is 4.79 Å². The lowest BCUT2D eigenvalue weighted by atomic mass is 10.4. The van der Waals surface area contributed by atoms with Crippen LogP contribution in [0.3, 0.4) is 0 Å². The van der Waals surface area contributed by atoms with E-state index in [0.717, 1.165) is 11.3 Å². The molecule has 0 aliphatic rings. The molecule has 2 rings (SSSR count). The largest absolute Gasteiger partial charge is 0.477 e. The van der Waals surface area contributed by atoms with Crippen LogP contribution in [0.25, 0.3) is 0 Å². The summed E-state index contributed by atoms with van der Waals surface area (Å²) < 4.78 is 5.39. The highest BCUT2D eigenvalue weighted by Crippen LogP contribution is 2.27. The normalized spacial score (nSPS) is 10.1. The number of carboxylic acid groups (broad SMARTS) is 1. The van der Waals surface area contributed by atoms with Crippen LogP contribution >= 0.6 is 22.9 Å². The standard InChI is InChI=1S/C10H6ClNO3S/c11-6-1-7(4-12-3-6)15-8-2-9(10(13)14)16-5-8/h1-5H,(H,13,14). The molecule has 0 amide bonds. The minimum Gasteiger partial charge on any atom is -0.477 e. The molecule has 0 fully saturated rings. The molecule has 0 radical (unpaired) electrons. The Morgan fingerprint density at radius 2 is 2.19 bits per heavy atom. The number of hydrogen-bond acceptors (Lipinski definition) is 4. The first kappa shape index (κ1) is 10.9. The van der Waals surface area contributed by atoms with Crippen LogP contribution in [0.2, 0.25) is 5.02 Å². The van der Waals surface area contributed by atoms with Gasteiger partial charge >= 0.3 is 5.97 Å². The summed E-state index contributed by atoms with van der Waals surface area (Å²) in [5.74, 6) is -0.0298. The highest BCUT2D eigenvalue weighted by molar-refractivity contribution is 7.12. The van der Waals surface area contributed by atoms with Gasteiger partial charge in [-0.1, -0.05) is 11.6 Å². The zero-order valence-corrected chi connectivity index (χ0v) is 9.46. The van der Waals surface area contributed by atoms with Crippen LogP contribution in [0.15, 0.2) is 29.9 Å². The number of ether oxygens (including phenoxy) is 1. The zero-order valence-electron chi connectivity index (χ0n) is 7.88. The summed E-state index contributed by atoms with van der Waals surface area (Å²) >= 11 is 6.84. The summed E-state index contributed by atoms with van der Waals surface area (Å²) in [4.78, 5) is 14.7. The topological polar surface area (TPSA) is 59.4 Å². The van der Waals surface area contributed by atoms with Crippen LogP contribution in [0, 0.1) is 0 Å². The number of aromatic carboxylic acids is 1. The van der Waals surface area contributed by atoms with Gasteiger partial charge in [-0.2, -0.15) is 0 Å². The molecule has 6 heteroatoms. The van der Waals surface area contributed by atoms with Crippen LogP contribution in [-0.2, 0) is 0 Å². The van der Waals surface area contributed by atoms with Gasteiger partial charge in [-0.15, -0.1) is 11.3 Å². The molecule has 0 unspecified atom stereocenters. The van der Waals surface area contributed by atoms with Gasteiger partial charge in [0.05, 0.1) is 11.2 Å². The first-order valence-electron chi connectivity index (χ1n) is 4.25. The molecule has 0 bridgehead atoms. The molecule has 1 N–H and O–H groups in total. The highest BCUT2D eigenvalue weighted by atomic mass is 35.5. The van der Waals surface area contributed by atoms with Gasteiger partial charge < -0.3 is 9.84 Å². The van der Waals surface area contributed by atoms with Crippen molar-refractivity contribution in [1.29, 1.82) is 0 Å². The Bertz CT molecular complexity index is 526. The molecule has 0 aromatic carbocycles. The van der Waals surface area contributed by atoms with Crippen LogP contribution in [-0.4, -0.2) is 16.1 Å². The second kappa shape index (κ2) is 4.51. The summed E-state index contributed by atoms with van der Waals surface area (Å²) in [6, 6.07) is 3.06. The third-order valence-electron chi connectivity index (χ3n) is 1.70. The molecule has 16 heavy (non-hydrogen) atoms. The van der Waals surface area contributed by atoms with Gasteiger partial charge in [-0.05, 0) is 0 Å². The minimum absolute atomic E-state index is 0.227. The fourth-order valence-corrected chi connectivity index (χ4v) is 1.88. The van der Waals surface area contributed by atoms with E-state index in [1.54, 1.807) is 11.4 Å². The number of aromatic nitrogens is 1. The number of carboxylic acids is 1. The zero-order chi connectivity index (χ0) is 11.5. The Kier molecular flexibility index (Phi) is 3.07. The van der Waals surface area contributed by atoms with Crippen molar-refractivity contribution >= 4 is 28.9 Å². The van der Waals surface area contributed by atoms with E-state index in [9.17, 15) is 4.79 Å². The highest BCUT2D eigenvalue weighted by Gasteiger charge is 2.08. The first-order valence-corrected chi connectivity index (χ1v) is 5.51. The number of halogens is 1. The van der Waals surface area contributed by atoms with E-state index in [-0.39, 0.29) is 4.88 Å². The lowest BCUT2D eigenvalue weighted by Gasteiger charge is -2.01. The Balaban J connectivity index is 2.17. The summed E-state index contributed by atoms with van der Waals surface area (Å²) in [5, 5.41) is 10.8. The van der Waals surface area contributed by atoms with Crippen molar-refractivity contribution in [3.8, 4) is 11.5 Å². The first-order chi connectivity index (χ1) is 7.65. The van der Waals surface area contributed by atoms with Crippen molar-refractivity contribution < 1.29 is 14.6 Å². The summed E-state index contributed by atoms with van der Waals surface area (Å²) in [6.07, 6.45) is 2.99. The van der Waals surface area contributed by atoms with Crippen LogP contribution < -0.4 is 4.74 Å². The minimum atomic E-state index is -0.968. The summed E-state index contributed by atoms with van der Waals surface area (Å²) in [5.41, 5.74) is 0. The number of pyridine rings is 1. The second-order valence-electron chi connectivity index (χ2n) is 2.89. The monoisotopic (exact) mass is 255 g/mol. The molecule has 2 aromatic rings. The molecule has 2 aromatic heterocycles. The van der Waals surface area contributed by atoms with Crippen molar-refractivity contribution in [1.82, 2.24) is 4.98 Å². The van der Waals surface area contributed by atoms with Crippen LogP contribution in [0.4, 0.5) is 0 Å². The SMILES string of the molecule is O=C(O)c1cc(Oc2cncc(Cl)c2)cs1. The third-order valence-corrected chi connectivity index (χ3v) is 2.80. The average Bonchev–Trinajstić information content (AvgIpc) is 2.66. The Hall–Kier alpha value is -1.59. The fourth-order valence-electron chi connectivity index (χ4n) is 1.07. The third kappa shape index (κ3) is 2.50. The number of carbonyl (C=O) groups is 1. The fraction of sp³-hybridized carbons (Fsp3) is 0. The Morgan fingerprint density at radius 1 is 1.38 bits per heavy atom. The van der Waals surface area contributed by atoms with E-state index in [1.807, 2.05) is 0 Å². The van der Waals surface area contributed by atoms with E-state index in [1.165, 1.54) is 18.5 Å². The molecule has 0 aliphatic heterocycles. The molecule has 0 spiro atoms. The predicted octanol–water partition coefficient (Wildman–Crippen LogP) is 3.29. The number of nitrogens with zero attached hydrogens (tertiary/aromatic N) is 1. The van der Waals surface area contributed by atoms with Crippen molar-refractivity contribution in [3.63, 3.8) is 0 Å². The van der Waals surface area contributed by atoms with Gasteiger partial charge in [-0.3, -0.25) is 4.98 Å². The maximum atomic E-state index is 10.6. The van der Waals surface area contributed by atoms with Crippen molar-refractivity contribution in [2.45, 2.75) is 0 Å². The van der Waals surface area contributed by atoms with Gasteiger partial charge in [0.2, 0.25) is 0 Å². The molecule has 0 saturated carbocycles. The smallest absolute Gasteiger partial charge is 0.346 e. The number of thiophene rings is 1. The number of hydrogen-bond donors (Lipinski definition) is 1. The van der Waals surface area contributed by atoms with Crippen molar-refractivity contribution in [2.75, 3.05) is 0 Å². The van der Waals surface area contributed by atoms with E-state index in [4.69, 9.17) is 21.4 Å². The maximum absolute atomic E-state index is 10.6. The molecule has 0 atom stereocenters. The van der Waals surface area contributed by atoms with Crippen molar-refractivity contribution in [2.24, 2.45) is 0 Å². The molecular formula is C10H6ClNO3S. The van der Waals surface area contributed by atoms with Crippen molar-refractivity contribution in [3.05, 3.63) is 39.8 Å². The molecular weight excluding hydrogens is 250 g/mol. The second-order valence-corrected chi connectivity index (χ2v) is 4.24. The van der Waals surface area contributed by atoms with E-state index in [0.29, 0.717) is 16.5 Å². The van der Waals surface area contributed by atoms with Gasteiger partial charge in [0.1, 0.15) is 16.4 Å². The Morgan fingerprint density at radius 3 is 2.81 bits per heavy atom. The van der Waals surface area contributed by atoms with Crippen LogP contribution in [0.1, 0.15) is 9.67 Å². The van der Waals surface area contributed by atoms with E-state index >= 15 is 0 Å². The lowest BCUT2D eigenvalue weighted by Crippen LogP contribution is -1.90. The van der Waals surface area contributed by atoms with E-state index in [2.05, 4.69) is 4.98 Å². The molecule has 0 aliphatic carbocycles. The number of rotatable bonds is 3. The quantitative estimate of drug-likeness (QED) is 0.914. The summed E-state index contributed by atoms with van der Waals surface area (Å²) in [6.45, 7) is 0. The maximum Gasteiger partial charge on any atom is 0.346 e. The van der Waals surface area contributed by atoms with Gasteiger partial charge in [0.15, 0.2) is 0 Å². The van der Waals surface area contributed by atoms with Gasteiger partial charge in [0.25, 0.3) is 0 Å². The lowest BCUT2D eigenvalue weighted by molar-refractivity contribution is 0.0702. The van der Waals surface area contributed by atoms with Gasteiger partial charge in [0, 0.05) is 23.7 Å². The molecule has 4 nitrogen and oxygen atoms in total. The van der Waals surface area contributed by atoms with Crippen LogP contribution in [0.5, 0.6) is 11.5 Å². The average molecular weight is 256 g/mol. The Labute approximate surface area is 100 Å². The molecule has 0 saturated heterocycles. The summed E-state index contributed by atoms with van der Waals surface area (Å²) in [7, 11) is 0. The molecule has 2 heterocycles.